The van der Waals surface area contributed by atoms with Crippen LogP contribution in [0, 0.1) is 0 Å². The minimum atomic E-state index is -0.832. The molecule has 0 aliphatic heterocycles. The van der Waals surface area contributed by atoms with Gasteiger partial charge in [0.1, 0.15) is 13.2 Å². The predicted molar refractivity (Wildman–Crippen MR) is 279 cm³/mol. The summed E-state index contributed by atoms with van der Waals surface area (Å²) in [6.07, 6.45) is 71.8. The number of carbonyl (C=O) groups excluding carboxylic acids is 3. The molecule has 0 aromatic heterocycles. The molecular formula is C59H94O6. The fourth-order valence-corrected chi connectivity index (χ4v) is 6.51. The molecule has 0 spiro atoms. The molecule has 366 valence electrons. The first-order valence-electron chi connectivity index (χ1n) is 26.0. The summed E-state index contributed by atoms with van der Waals surface area (Å²) in [7, 11) is 0. The number of unbranched alkanes of at least 4 members (excludes halogenated alkanes) is 14. The molecule has 0 saturated carbocycles. The summed E-state index contributed by atoms with van der Waals surface area (Å²) >= 11 is 0. The SMILES string of the molecule is CC/C=C\C/C=C\C/C=C\C/C=C\CCCCC(=O)OC[C@H](COC(=O)CCCCCCC/C=C\C/C=C\CCCCC)OC(=O)CCC/C=C\C/C=C\C/C=C\C/C=C\CCCCC. The smallest absolute Gasteiger partial charge is 0.306 e. The fraction of sp³-hybridized carbons (Fsp3) is 0.610. The summed E-state index contributed by atoms with van der Waals surface area (Å²) in [6, 6.07) is 0. The quantitative estimate of drug-likeness (QED) is 0.0262. The van der Waals surface area contributed by atoms with Crippen molar-refractivity contribution >= 4 is 17.9 Å². The molecule has 0 N–H and O–H groups in total. The molecule has 0 radical (unpaired) electrons. The maximum absolute atomic E-state index is 12.8. The predicted octanol–water partition coefficient (Wildman–Crippen LogP) is 17.3. The van der Waals surface area contributed by atoms with Crippen LogP contribution in [0.3, 0.4) is 0 Å². The van der Waals surface area contributed by atoms with Crippen molar-refractivity contribution in [3.63, 3.8) is 0 Å². The summed E-state index contributed by atoms with van der Waals surface area (Å²) in [5.74, 6) is -1.04. The van der Waals surface area contributed by atoms with Gasteiger partial charge in [-0.25, -0.2) is 0 Å². The Morgan fingerprint density at radius 1 is 0.323 bits per heavy atom. The van der Waals surface area contributed by atoms with Gasteiger partial charge in [-0.15, -0.1) is 0 Å². The highest BCUT2D eigenvalue weighted by Crippen LogP contribution is 2.11. The first-order chi connectivity index (χ1) is 32.0. The summed E-state index contributed by atoms with van der Waals surface area (Å²) in [5.41, 5.74) is 0. The zero-order valence-corrected chi connectivity index (χ0v) is 41.7. The Kier molecular flexibility index (Phi) is 49.1. The lowest BCUT2D eigenvalue weighted by Crippen LogP contribution is -2.30. The van der Waals surface area contributed by atoms with Crippen LogP contribution < -0.4 is 0 Å². The Labute approximate surface area is 399 Å². The summed E-state index contributed by atoms with van der Waals surface area (Å²) in [6.45, 7) is 6.35. The molecule has 0 amide bonds. The van der Waals surface area contributed by atoms with E-state index in [0.717, 1.165) is 109 Å². The van der Waals surface area contributed by atoms with Crippen molar-refractivity contribution in [3.8, 4) is 0 Å². The van der Waals surface area contributed by atoms with Crippen molar-refractivity contribution in [2.45, 2.75) is 219 Å². The van der Waals surface area contributed by atoms with Gasteiger partial charge in [0.05, 0.1) is 0 Å². The summed E-state index contributed by atoms with van der Waals surface area (Å²) < 4.78 is 16.7. The van der Waals surface area contributed by atoms with E-state index in [1.165, 1.54) is 51.4 Å². The first-order valence-corrected chi connectivity index (χ1v) is 26.0. The molecule has 0 aliphatic rings. The van der Waals surface area contributed by atoms with Gasteiger partial charge in [-0.05, 0) is 128 Å². The normalized spacial score (nSPS) is 13.1. The van der Waals surface area contributed by atoms with Crippen LogP contribution in [0.25, 0.3) is 0 Å². The van der Waals surface area contributed by atoms with Crippen LogP contribution in [0.2, 0.25) is 0 Å². The monoisotopic (exact) mass is 899 g/mol. The Morgan fingerprint density at radius 2 is 0.615 bits per heavy atom. The summed E-state index contributed by atoms with van der Waals surface area (Å²) in [5, 5.41) is 0. The third-order valence-electron chi connectivity index (χ3n) is 10.4. The number of hydrogen-bond acceptors (Lipinski definition) is 6. The lowest BCUT2D eigenvalue weighted by Gasteiger charge is -2.18. The van der Waals surface area contributed by atoms with Crippen molar-refractivity contribution in [1.29, 1.82) is 0 Å². The van der Waals surface area contributed by atoms with Crippen molar-refractivity contribution < 1.29 is 28.6 Å². The van der Waals surface area contributed by atoms with Crippen molar-refractivity contribution in [2.75, 3.05) is 13.2 Å². The molecule has 0 heterocycles. The molecule has 0 fully saturated rings. The van der Waals surface area contributed by atoms with Gasteiger partial charge in [0.25, 0.3) is 0 Å². The van der Waals surface area contributed by atoms with Gasteiger partial charge in [-0.1, -0.05) is 187 Å². The lowest BCUT2D eigenvalue weighted by atomic mass is 10.1. The largest absolute Gasteiger partial charge is 0.462 e. The van der Waals surface area contributed by atoms with Gasteiger partial charge in [0.15, 0.2) is 6.10 Å². The van der Waals surface area contributed by atoms with Gasteiger partial charge in [0.2, 0.25) is 0 Å². The Bertz CT molecular complexity index is 1400. The number of esters is 3. The highest BCUT2D eigenvalue weighted by Gasteiger charge is 2.19. The topological polar surface area (TPSA) is 78.9 Å². The van der Waals surface area contributed by atoms with Crippen LogP contribution in [-0.4, -0.2) is 37.2 Å². The van der Waals surface area contributed by atoms with E-state index >= 15 is 0 Å². The van der Waals surface area contributed by atoms with Gasteiger partial charge in [-0.3, -0.25) is 14.4 Å². The van der Waals surface area contributed by atoms with Crippen LogP contribution in [-0.2, 0) is 28.6 Å². The van der Waals surface area contributed by atoms with Gasteiger partial charge >= 0.3 is 17.9 Å². The highest BCUT2D eigenvalue weighted by atomic mass is 16.6. The van der Waals surface area contributed by atoms with Crippen molar-refractivity contribution in [2.24, 2.45) is 0 Å². The molecule has 65 heavy (non-hydrogen) atoms. The second-order valence-corrected chi connectivity index (χ2v) is 16.7. The Balaban J connectivity index is 4.60. The molecule has 1 atom stereocenters. The van der Waals surface area contributed by atoms with E-state index < -0.39 is 6.10 Å². The average molecular weight is 899 g/mol. The molecule has 0 bridgehead atoms. The minimum absolute atomic E-state index is 0.124. The Hall–Kier alpha value is -4.19. The molecule has 6 nitrogen and oxygen atoms in total. The van der Waals surface area contributed by atoms with Crippen molar-refractivity contribution in [1.82, 2.24) is 0 Å². The van der Waals surface area contributed by atoms with Gasteiger partial charge < -0.3 is 14.2 Å². The first kappa shape index (κ1) is 60.8. The summed E-state index contributed by atoms with van der Waals surface area (Å²) in [4.78, 5) is 38.0. The zero-order valence-electron chi connectivity index (χ0n) is 41.7. The molecule has 0 rings (SSSR count). The van der Waals surface area contributed by atoms with Crippen LogP contribution in [0.5, 0.6) is 0 Å². The molecule has 0 unspecified atom stereocenters. The average Bonchev–Trinajstić information content (AvgIpc) is 3.30. The Morgan fingerprint density at radius 3 is 1.02 bits per heavy atom. The van der Waals surface area contributed by atoms with E-state index in [1.807, 2.05) is 0 Å². The lowest BCUT2D eigenvalue weighted by molar-refractivity contribution is -0.167. The van der Waals surface area contributed by atoms with Crippen LogP contribution >= 0.6 is 0 Å². The standard InChI is InChI=1S/C59H94O6/c1-4-7-10-13-16-19-22-25-28-29-32-35-38-41-44-47-50-53-59(62)65-56(54-63-57(60)51-48-45-42-39-36-33-30-26-23-20-17-14-11-8-5-2)55-64-58(61)52-49-46-43-40-37-34-31-27-24-21-18-15-12-9-6-3/h8,11,16-21,25-28,30-32,35-36,39,41,44,56H,4-7,9-10,12-15,22-24,29,33-34,37-38,40,42-43,45-55H2,1-3H3/b11-8-,19-16-,20-17-,21-18-,28-25-,30-26-,31-27-,35-32-,39-36-,44-41-/t56-/m1/s1. The van der Waals surface area contributed by atoms with Gasteiger partial charge in [0, 0.05) is 19.3 Å². The molecule has 0 aromatic carbocycles. The maximum Gasteiger partial charge on any atom is 0.306 e. The molecule has 0 aliphatic carbocycles. The number of allylic oxidation sites excluding steroid dienone is 20. The van der Waals surface area contributed by atoms with E-state index in [4.69, 9.17) is 14.2 Å². The molecule has 0 aromatic rings. The third kappa shape index (κ3) is 50.7. The van der Waals surface area contributed by atoms with Crippen LogP contribution in [0.1, 0.15) is 213 Å². The van der Waals surface area contributed by atoms with E-state index in [1.54, 1.807) is 0 Å². The van der Waals surface area contributed by atoms with E-state index in [2.05, 4.69) is 142 Å². The number of ether oxygens (including phenoxy) is 3. The molecule has 6 heteroatoms. The fourth-order valence-electron chi connectivity index (χ4n) is 6.51. The highest BCUT2D eigenvalue weighted by molar-refractivity contribution is 5.71. The molecule has 0 saturated heterocycles. The second kappa shape index (κ2) is 52.4. The van der Waals surface area contributed by atoms with Crippen LogP contribution in [0.4, 0.5) is 0 Å². The van der Waals surface area contributed by atoms with Gasteiger partial charge in [-0.2, -0.15) is 0 Å². The minimum Gasteiger partial charge on any atom is -0.462 e. The molecular weight excluding hydrogens is 805 g/mol. The van der Waals surface area contributed by atoms with E-state index in [9.17, 15) is 14.4 Å². The van der Waals surface area contributed by atoms with E-state index in [0.29, 0.717) is 19.3 Å². The zero-order chi connectivity index (χ0) is 47.2. The number of carbonyl (C=O) groups is 3. The van der Waals surface area contributed by atoms with E-state index in [-0.39, 0.29) is 44.0 Å². The second-order valence-electron chi connectivity index (χ2n) is 16.7. The maximum atomic E-state index is 12.8. The van der Waals surface area contributed by atoms with Crippen molar-refractivity contribution in [3.05, 3.63) is 122 Å². The van der Waals surface area contributed by atoms with Crippen LogP contribution in [0.15, 0.2) is 122 Å². The number of hydrogen-bond donors (Lipinski definition) is 0. The number of rotatable bonds is 45. The third-order valence-corrected chi connectivity index (χ3v) is 10.4.